The van der Waals surface area contributed by atoms with E-state index in [1.165, 1.54) is 4.90 Å². The van der Waals surface area contributed by atoms with Crippen molar-refractivity contribution < 1.29 is 9.59 Å². The number of halogens is 2. The minimum absolute atomic E-state index is 0.0875. The van der Waals surface area contributed by atoms with Crippen molar-refractivity contribution in [2.24, 2.45) is 5.41 Å². The molecule has 29 heavy (non-hydrogen) atoms. The van der Waals surface area contributed by atoms with Crippen molar-refractivity contribution >= 4 is 40.8 Å². The second-order valence-corrected chi connectivity index (χ2v) is 9.48. The van der Waals surface area contributed by atoms with Crippen LogP contribution in [0.1, 0.15) is 40.3 Å². The molecule has 2 rings (SSSR count). The van der Waals surface area contributed by atoms with E-state index in [9.17, 15) is 9.59 Å². The van der Waals surface area contributed by atoms with Crippen LogP contribution < -0.4 is 5.32 Å². The molecule has 0 unspecified atom stereocenters. The molecule has 8 heteroatoms. The van der Waals surface area contributed by atoms with E-state index < -0.39 is 5.41 Å². The lowest BCUT2D eigenvalue weighted by Crippen LogP contribution is -2.43. The van der Waals surface area contributed by atoms with Crippen LogP contribution in [0.15, 0.2) is 30.3 Å². The fourth-order valence-electron chi connectivity index (χ4n) is 2.66. The number of nitrogens with zero attached hydrogens (tertiary/aromatic N) is 3. The SMILES string of the molecule is CN(CC(=O)Nc1cc(C(C)(C)C)nn1-c1ccc(Cl)cc1)C(=O)C(C)(C)CCl. The highest BCUT2D eigenvalue weighted by atomic mass is 35.5. The van der Waals surface area contributed by atoms with E-state index in [-0.39, 0.29) is 29.7 Å². The van der Waals surface area contributed by atoms with Gasteiger partial charge in [-0.05, 0) is 38.1 Å². The number of hydrogen-bond acceptors (Lipinski definition) is 3. The summed E-state index contributed by atoms with van der Waals surface area (Å²) >= 11 is 11.9. The summed E-state index contributed by atoms with van der Waals surface area (Å²) in [6, 6.07) is 9.03. The Bertz CT molecular complexity index is 883. The molecule has 0 fully saturated rings. The molecule has 0 radical (unpaired) electrons. The molecule has 1 heterocycles. The van der Waals surface area contributed by atoms with Crippen molar-refractivity contribution in [2.45, 2.75) is 40.0 Å². The largest absolute Gasteiger partial charge is 0.336 e. The number of anilines is 1. The molecule has 0 bridgehead atoms. The van der Waals surface area contributed by atoms with Crippen LogP contribution in [0.2, 0.25) is 5.02 Å². The summed E-state index contributed by atoms with van der Waals surface area (Å²) in [5.41, 5.74) is 0.665. The average molecular weight is 439 g/mol. The molecule has 2 amide bonds. The molecular formula is C21H28Cl2N4O2. The molecule has 1 aromatic carbocycles. The smallest absolute Gasteiger partial charge is 0.245 e. The van der Waals surface area contributed by atoms with Crippen LogP contribution in [0, 0.1) is 5.41 Å². The molecule has 0 saturated heterocycles. The fraction of sp³-hybridized carbons (Fsp3) is 0.476. The number of benzene rings is 1. The summed E-state index contributed by atoms with van der Waals surface area (Å²) in [7, 11) is 1.59. The molecule has 0 aliphatic rings. The van der Waals surface area contributed by atoms with Gasteiger partial charge < -0.3 is 10.2 Å². The van der Waals surface area contributed by atoms with E-state index in [0.29, 0.717) is 10.8 Å². The number of hydrogen-bond donors (Lipinski definition) is 1. The summed E-state index contributed by atoms with van der Waals surface area (Å²) in [4.78, 5) is 26.5. The van der Waals surface area contributed by atoms with Crippen molar-refractivity contribution in [1.29, 1.82) is 0 Å². The average Bonchev–Trinajstić information content (AvgIpc) is 3.05. The maximum atomic E-state index is 12.6. The highest BCUT2D eigenvalue weighted by Crippen LogP contribution is 2.27. The highest BCUT2D eigenvalue weighted by Gasteiger charge is 2.30. The first-order valence-corrected chi connectivity index (χ1v) is 10.2. The topological polar surface area (TPSA) is 67.2 Å². The van der Waals surface area contributed by atoms with Crippen LogP contribution in [-0.4, -0.2) is 46.0 Å². The predicted octanol–water partition coefficient (Wildman–Crippen LogP) is 4.49. The molecule has 158 valence electrons. The second kappa shape index (κ2) is 8.76. The number of likely N-dealkylation sites (N-methyl/N-ethyl adjacent to an activating group) is 1. The third kappa shape index (κ3) is 5.73. The standard InChI is InChI=1S/C21H28Cl2N4O2/c1-20(2,3)16-11-17(27(25-16)15-9-7-14(23)8-10-15)24-18(28)12-26(6)19(29)21(4,5)13-22/h7-11H,12-13H2,1-6H3,(H,24,28). The van der Waals surface area contributed by atoms with E-state index in [2.05, 4.69) is 10.4 Å². The van der Waals surface area contributed by atoms with Gasteiger partial charge in [0.2, 0.25) is 11.8 Å². The zero-order valence-corrected chi connectivity index (χ0v) is 19.2. The Labute approximate surface area is 182 Å². The van der Waals surface area contributed by atoms with Gasteiger partial charge in [-0.2, -0.15) is 5.10 Å². The Morgan fingerprint density at radius 1 is 1.14 bits per heavy atom. The summed E-state index contributed by atoms with van der Waals surface area (Å²) < 4.78 is 1.67. The lowest BCUT2D eigenvalue weighted by atomic mass is 9.92. The number of nitrogens with one attached hydrogen (secondary N) is 1. The second-order valence-electron chi connectivity index (χ2n) is 8.78. The highest BCUT2D eigenvalue weighted by molar-refractivity contribution is 6.30. The molecule has 1 N–H and O–H groups in total. The van der Waals surface area contributed by atoms with Gasteiger partial charge in [0.25, 0.3) is 0 Å². The van der Waals surface area contributed by atoms with Gasteiger partial charge >= 0.3 is 0 Å². The lowest BCUT2D eigenvalue weighted by Gasteiger charge is -2.27. The molecule has 0 aliphatic heterocycles. The van der Waals surface area contributed by atoms with Gasteiger partial charge in [0.05, 0.1) is 23.3 Å². The Kier molecular flexibility index (Phi) is 7.01. The molecular weight excluding hydrogens is 411 g/mol. The molecule has 0 atom stereocenters. The van der Waals surface area contributed by atoms with Crippen LogP contribution in [0.3, 0.4) is 0 Å². The Hall–Kier alpha value is -2.05. The quantitative estimate of drug-likeness (QED) is 0.675. The van der Waals surface area contributed by atoms with Gasteiger partial charge in [-0.3, -0.25) is 9.59 Å². The minimum Gasteiger partial charge on any atom is -0.336 e. The number of carbonyl (C=O) groups is 2. The molecule has 0 aliphatic carbocycles. The molecule has 1 aromatic heterocycles. The summed E-state index contributed by atoms with van der Waals surface area (Å²) in [5.74, 6) is 0.196. The van der Waals surface area contributed by atoms with E-state index in [0.717, 1.165) is 11.4 Å². The van der Waals surface area contributed by atoms with Gasteiger partial charge in [0, 0.05) is 29.4 Å². The first kappa shape index (κ1) is 23.2. The predicted molar refractivity (Wildman–Crippen MR) is 118 cm³/mol. The molecule has 0 spiro atoms. The van der Waals surface area contributed by atoms with Crippen LogP contribution in [0.4, 0.5) is 5.82 Å². The Morgan fingerprint density at radius 2 is 1.72 bits per heavy atom. The van der Waals surface area contributed by atoms with Crippen molar-refractivity contribution in [1.82, 2.24) is 14.7 Å². The van der Waals surface area contributed by atoms with Crippen molar-refractivity contribution in [3.63, 3.8) is 0 Å². The molecule has 0 saturated carbocycles. The van der Waals surface area contributed by atoms with Crippen LogP contribution in [0.5, 0.6) is 0 Å². The van der Waals surface area contributed by atoms with Crippen molar-refractivity contribution in [3.8, 4) is 5.69 Å². The van der Waals surface area contributed by atoms with E-state index in [1.54, 1.807) is 37.7 Å². The van der Waals surface area contributed by atoms with Crippen LogP contribution >= 0.6 is 23.2 Å². The number of amides is 2. The summed E-state index contributed by atoms with van der Waals surface area (Å²) in [6.45, 7) is 9.56. The number of rotatable bonds is 6. The monoisotopic (exact) mass is 438 g/mol. The number of carbonyl (C=O) groups excluding carboxylic acids is 2. The number of alkyl halides is 1. The van der Waals surface area contributed by atoms with Gasteiger partial charge in [-0.25, -0.2) is 4.68 Å². The summed E-state index contributed by atoms with van der Waals surface area (Å²) in [5, 5.41) is 8.15. The third-order valence-corrected chi connectivity index (χ3v) is 5.38. The first-order chi connectivity index (χ1) is 13.3. The maximum Gasteiger partial charge on any atom is 0.245 e. The van der Waals surface area contributed by atoms with E-state index in [1.807, 2.05) is 39.0 Å². The van der Waals surface area contributed by atoms with Gasteiger partial charge in [-0.1, -0.05) is 32.4 Å². The van der Waals surface area contributed by atoms with Crippen LogP contribution in [0.25, 0.3) is 5.69 Å². The summed E-state index contributed by atoms with van der Waals surface area (Å²) in [6.07, 6.45) is 0. The first-order valence-electron chi connectivity index (χ1n) is 9.33. The Balaban J connectivity index is 2.27. The van der Waals surface area contributed by atoms with Gasteiger partial charge in [0.15, 0.2) is 0 Å². The van der Waals surface area contributed by atoms with Crippen molar-refractivity contribution in [3.05, 3.63) is 41.0 Å². The maximum absolute atomic E-state index is 12.6. The van der Waals surface area contributed by atoms with Crippen LogP contribution in [-0.2, 0) is 15.0 Å². The molecule has 6 nitrogen and oxygen atoms in total. The Morgan fingerprint density at radius 3 is 2.24 bits per heavy atom. The lowest BCUT2D eigenvalue weighted by molar-refractivity contribution is -0.140. The van der Waals surface area contributed by atoms with Crippen molar-refractivity contribution in [2.75, 3.05) is 24.8 Å². The molecule has 2 aromatic rings. The van der Waals surface area contributed by atoms with E-state index >= 15 is 0 Å². The normalized spacial score (nSPS) is 12.0. The zero-order chi connectivity index (χ0) is 22.0. The zero-order valence-electron chi connectivity index (χ0n) is 17.7. The minimum atomic E-state index is -0.735. The fourth-order valence-corrected chi connectivity index (χ4v) is 2.90. The van der Waals surface area contributed by atoms with E-state index in [4.69, 9.17) is 23.2 Å². The van der Waals surface area contributed by atoms with Gasteiger partial charge in [0.1, 0.15) is 5.82 Å². The number of aromatic nitrogens is 2. The third-order valence-electron chi connectivity index (χ3n) is 4.46. The van der Waals surface area contributed by atoms with Gasteiger partial charge in [-0.15, -0.1) is 11.6 Å².